The molecule has 0 spiro atoms. The molecule has 1 aromatic carbocycles. The van der Waals surface area contributed by atoms with Gasteiger partial charge in [-0.2, -0.15) is 0 Å². The van der Waals surface area contributed by atoms with Gasteiger partial charge in [-0.05, 0) is 48.1 Å². The third-order valence-corrected chi connectivity index (χ3v) is 5.11. The second-order valence-electron chi connectivity index (χ2n) is 6.93. The van der Waals surface area contributed by atoms with E-state index in [0.29, 0.717) is 19.4 Å². The Morgan fingerprint density at radius 1 is 1.42 bits per heavy atom. The Hall–Kier alpha value is -2.67. The number of nitrogens with one attached hydrogen (secondary N) is 1. The number of benzene rings is 1. The zero-order valence-electron chi connectivity index (χ0n) is 14.3. The first-order chi connectivity index (χ1) is 12.6. The van der Waals surface area contributed by atoms with Crippen LogP contribution in [0, 0.1) is 5.92 Å². The van der Waals surface area contributed by atoms with E-state index in [9.17, 15) is 14.7 Å². The Labute approximate surface area is 150 Å². The van der Waals surface area contributed by atoms with Gasteiger partial charge in [0.1, 0.15) is 12.3 Å². The Morgan fingerprint density at radius 3 is 3.04 bits per heavy atom. The maximum Gasteiger partial charge on any atom is 0.347 e. The van der Waals surface area contributed by atoms with Gasteiger partial charge in [-0.3, -0.25) is 9.36 Å². The van der Waals surface area contributed by atoms with E-state index in [1.54, 1.807) is 12.3 Å². The monoisotopic (exact) mass is 355 g/mol. The van der Waals surface area contributed by atoms with E-state index < -0.39 is 5.69 Å². The molecule has 0 radical (unpaired) electrons. The lowest BCUT2D eigenvalue weighted by molar-refractivity contribution is -0.123. The highest BCUT2D eigenvalue weighted by Gasteiger charge is 2.36. The number of aliphatic hydroxyl groups excluding tert-OH is 1. The summed E-state index contributed by atoms with van der Waals surface area (Å²) in [5, 5.41) is 12.7. The fourth-order valence-corrected chi connectivity index (χ4v) is 3.66. The Kier molecular flexibility index (Phi) is 4.46. The predicted octanol–water partition coefficient (Wildman–Crippen LogP) is 0.807. The van der Waals surface area contributed by atoms with Crippen LogP contribution in [0.15, 0.2) is 41.5 Å². The smallest absolute Gasteiger partial charge is 0.347 e. The van der Waals surface area contributed by atoms with Gasteiger partial charge >= 0.3 is 5.69 Å². The lowest BCUT2D eigenvalue weighted by Crippen LogP contribution is -2.43. The van der Waals surface area contributed by atoms with E-state index in [1.165, 1.54) is 10.8 Å². The van der Waals surface area contributed by atoms with Crippen LogP contribution in [-0.2, 0) is 17.8 Å². The van der Waals surface area contributed by atoms with Crippen molar-refractivity contribution in [2.45, 2.75) is 38.0 Å². The van der Waals surface area contributed by atoms with Crippen molar-refractivity contribution < 1.29 is 14.6 Å². The van der Waals surface area contributed by atoms with Crippen molar-refractivity contribution in [1.82, 2.24) is 14.9 Å². The SMILES string of the molecule is O=C(Cn1cccnc1=O)NC(c1ccc2c(c1)CCO2)C1CC(O)C1. The molecule has 7 heteroatoms. The van der Waals surface area contributed by atoms with Gasteiger partial charge in [0.2, 0.25) is 5.91 Å². The topological polar surface area (TPSA) is 93.5 Å². The van der Waals surface area contributed by atoms with Gasteiger partial charge in [-0.25, -0.2) is 9.78 Å². The van der Waals surface area contributed by atoms with E-state index in [-0.39, 0.29) is 30.5 Å². The summed E-state index contributed by atoms with van der Waals surface area (Å²) >= 11 is 0. The second-order valence-corrected chi connectivity index (χ2v) is 6.93. The summed E-state index contributed by atoms with van der Waals surface area (Å²) in [7, 11) is 0. The van der Waals surface area contributed by atoms with Gasteiger partial charge in [0, 0.05) is 18.8 Å². The van der Waals surface area contributed by atoms with Crippen molar-refractivity contribution in [3.05, 3.63) is 58.3 Å². The Morgan fingerprint density at radius 2 is 2.27 bits per heavy atom. The summed E-state index contributed by atoms with van der Waals surface area (Å²) in [4.78, 5) is 27.9. The van der Waals surface area contributed by atoms with Gasteiger partial charge in [-0.15, -0.1) is 0 Å². The van der Waals surface area contributed by atoms with E-state index in [4.69, 9.17) is 4.74 Å². The van der Waals surface area contributed by atoms with Crippen molar-refractivity contribution in [3.8, 4) is 5.75 Å². The number of nitrogens with zero attached hydrogens (tertiary/aromatic N) is 2. The van der Waals surface area contributed by atoms with Crippen molar-refractivity contribution in [2.24, 2.45) is 5.92 Å². The quantitative estimate of drug-likeness (QED) is 0.828. The van der Waals surface area contributed by atoms with Gasteiger partial charge in [-0.1, -0.05) is 6.07 Å². The van der Waals surface area contributed by atoms with Crippen LogP contribution in [0.1, 0.15) is 30.0 Å². The summed E-state index contributed by atoms with van der Waals surface area (Å²) in [6, 6.07) is 7.42. The number of amides is 1. The van der Waals surface area contributed by atoms with Crippen LogP contribution in [0.25, 0.3) is 0 Å². The molecule has 0 saturated heterocycles. The van der Waals surface area contributed by atoms with Crippen LogP contribution in [0.2, 0.25) is 0 Å². The summed E-state index contributed by atoms with van der Waals surface area (Å²) in [6.45, 7) is 0.606. The molecular formula is C19H21N3O4. The zero-order chi connectivity index (χ0) is 18.1. The Bertz CT molecular complexity index is 873. The average Bonchev–Trinajstić information content (AvgIpc) is 3.07. The minimum Gasteiger partial charge on any atom is -0.493 e. The summed E-state index contributed by atoms with van der Waals surface area (Å²) in [6.07, 6.45) is 4.82. The van der Waals surface area contributed by atoms with E-state index in [1.807, 2.05) is 12.1 Å². The minimum atomic E-state index is -0.451. The van der Waals surface area contributed by atoms with E-state index in [2.05, 4.69) is 16.4 Å². The lowest BCUT2D eigenvalue weighted by atomic mass is 9.75. The molecule has 1 unspecified atom stereocenters. The molecule has 1 fully saturated rings. The number of aliphatic hydroxyl groups is 1. The molecule has 1 aromatic heterocycles. The van der Waals surface area contributed by atoms with Crippen LogP contribution in [0.3, 0.4) is 0 Å². The first kappa shape index (κ1) is 16.8. The van der Waals surface area contributed by atoms with E-state index >= 15 is 0 Å². The third-order valence-electron chi connectivity index (χ3n) is 5.11. The number of aromatic nitrogens is 2. The average molecular weight is 355 g/mol. The van der Waals surface area contributed by atoms with Crippen molar-refractivity contribution in [3.63, 3.8) is 0 Å². The first-order valence-electron chi connectivity index (χ1n) is 8.84. The fraction of sp³-hybridized carbons (Fsp3) is 0.421. The molecular weight excluding hydrogens is 334 g/mol. The van der Waals surface area contributed by atoms with Gasteiger partial charge < -0.3 is 15.2 Å². The molecule has 2 N–H and O–H groups in total. The highest BCUT2D eigenvalue weighted by atomic mass is 16.5. The van der Waals surface area contributed by atoms with Crippen molar-refractivity contribution >= 4 is 5.91 Å². The van der Waals surface area contributed by atoms with Gasteiger partial charge in [0.25, 0.3) is 0 Å². The maximum atomic E-state index is 12.5. The number of hydrogen-bond donors (Lipinski definition) is 2. The normalized spacial score (nSPS) is 22.0. The molecule has 26 heavy (non-hydrogen) atoms. The molecule has 1 atom stereocenters. The molecule has 2 aliphatic rings. The van der Waals surface area contributed by atoms with E-state index in [0.717, 1.165) is 23.3 Å². The van der Waals surface area contributed by atoms with Gasteiger partial charge in [0.15, 0.2) is 0 Å². The van der Waals surface area contributed by atoms with Gasteiger partial charge in [0.05, 0.1) is 18.8 Å². The maximum absolute atomic E-state index is 12.5. The molecule has 1 amide bonds. The molecule has 0 bridgehead atoms. The summed E-state index contributed by atoms with van der Waals surface area (Å²) in [5.74, 6) is 0.831. The molecule has 2 heterocycles. The number of rotatable bonds is 5. The largest absolute Gasteiger partial charge is 0.493 e. The molecule has 2 aromatic rings. The van der Waals surface area contributed by atoms with Crippen LogP contribution in [0.4, 0.5) is 0 Å². The zero-order valence-corrected chi connectivity index (χ0v) is 14.3. The van der Waals surface area contributed by atoms with Crippen LogP contribution < -0.4 is 15.7 Å². The number of carbonyl (C=O) groups is 1. The first-order valence-corrected chi connectivity index (χ1v) is 8.84. The number of hydrogen-bond acceptors (Lipinski definition) is 5. The lowest BCUT2D eigenvalue weighted by Gasteiger charge is -2.38. The molecule has 1 saturated carbocycles. The summed E-state index contributed by atoms with van der Waals surface area (Å²) < 4.78 is 6.83. The minimum absolute atomic E-state index is 0.0769. The van der Waals surface area contributed by atoms with Crippen molar-refractivity contribution in [1.29, 1.82) is 0 Å². The van der Waals surface area contributed by atoms with Crippen LogP contribution >= 0.6 is 0 Å². The van der Waals surface area contributed by atoms with Crippen LogP contribution in [-0.4, -0.2) is 33.3 Å². The molecule has 136 valence electrons. The predicted molar refractivity (Wildman–Crippen MR) is 93.8 cm³/mol. The summed E-state index contributed by atoms with van der Waals surface area (Å²) in [5.41, 5.74) is 1.70. The number of carbonyl (C=O) groups excluding carboxylic acids is 1. The second kappa shape index (κ2) is 6.92. The van der Waals surface area contributed by atoms with Crippen molar-refractivity contribution in [2.75, 3.05) is 6.61 Å². The Balaban J connectivity index is 1.53. The highest BCUT2D eigenvalue weighted by molar-refractivity contribution is 5.76. The molecule has 1 aliphatic carbocycles. The molecule has 4 rings (SSSR count). The number of ether oxygens (including phenoxy) is 1. The fourth-order valence-electron chi connectivity index (χ4n) is 3.66. The third kappa shape index (κ3) is 3.35. The molecule has 7 nitrogen and oxygen atoms in total. The highest BCUT2D eigenvalue weighted by Crippen LogP contribution is 2.39. The van der Waals surface area contributed by atoms with Crippen LogP contribution in [0.5, 0.6) is 5.75 Å². The standard InChI is InChI=1S/C19H21N3O4/c23-15-9-14(10-15)18(13-2-3-16-12(8-13)4-7-26-16)21-17(24)11-22-6-1-5-20-19(22)25/h1-3,5-6,8,14-15,18,23H,4,7,9-11H2,(H,21,24). The molecule has 1 aliphatic heterocycles. The number of fused-ring (bicyclic) bond motifs is 1.